The fourth-order valence-electron chi connectivity index (χ4n) is 4.22. The van der Waals surface area contributed by atoms with E-state index in [2.05, 4.69) is 20.6 Å². The molecule has 12 heteroatoms. The zero-order valence-electron chi connectivity index (χ0n) is 18.2. The van der Waals surface area contributed by atoms with Gasteiger partial charge in [0, 0.05) is 23.2 Å². The second-order valence-corrected chi connectivity index (χ2v) is 10.6. The van der Waals surface area contributed by atoms with E-state index < -0.39 is 23.0 Å². The van der Waals surface area contributed by atoms with E-state index >= 15 is 0 Å². The van der Waals surface area contributed by atoms with Crippen LogP contribution in [-0.2, 0) is 4.74 Å². The number of primary amides is 2. The first-order chi connectivity index (χ1) is 15.1. The van der Waals surface area contributed by atoms with Crippen LogP contribution in [0.2, 0.25) is 0 Å². The number of nitrogens with zero attached hydrogens (tertiary/aromatic N) is 4. The molecule has 2 amide bonds. The van der Waals surface area contributed by atoms with Crippen LogP contribution >= 0.6 is 23.1 Å². The first kappa shape index (κ1) is 22.3. The molecule has 0 radical (unpaired) electrons. The van der Waals surface area contributed by atoms with Crippen LogP contribution in [0.1, 0.15) is 44.0 Å². The van der Waals surface area contributed by atoms with E-state index in [1.165, 1.54) is 29.3 Å². The smallest absolute Gasteiger partial charge is 0.405 e. The molecule has 4 rings (SSSR count). The van der Waals surface area contributed by atoms with Gasteiger partial charge in [-0.25, -0.2) is 9.31 Å². The molecule has 0 spiro atoms. The molecule has 5 N–H and O–H groups in total. The fraction of sp³-hybridized carbons (Fsp3) is 0.450. The number of aromatic nitrogens is 4. The maximum absolute atomic E-state index is 12.2. The molecule has 1 saturated carbocycles. The molecule has 0 unspecified atom stereocenters. The maximum Gasteiger partial charge on any atom is 0.405 e. The Morgan fingerprint density at radius 1 is 1.31 bits per heavy atom. The molecule has 3 aromatic heterocycles. The number of ether oxygens (including phenoxy) is 1. The van der Waals surface area contributed by atoms with Crippen molar-refractivity contribution >= 4 is 46.3 Å². The SMILES string of the molecule is CSc1nnc(-c2cc3c(N[C@@H]4CC[C@](C)(OC(N)=O)C4(C)C)c(C(N)=O)cnn3c2)s1. The lowest BCUT2D eigenvalue weighted by Crippen LogP contribution is -2.49. The third-order valence-corrected chi connectivity index (χ3v) is 8.47. The molecule has 10 nitrogen and oxygen atoms in total. The highest BCUT2D eigenvalue weighted by molar-refractivity contribution is 8.00. The molecule has 1 aliphatic carbocycles. The predicted octanol–water partition coefficient (Wildman–Crippen LogP) is 3.13. The summed E-state index contributed by atoms with van der Waals surface area (Å²) in [6.45, 7) is 5.90. The van der Waals surface area contributed by atoms with Gasteiger partial charge in [-0.1, -0.05) is 36.9 Å². The summed E-state index contributed by atoms with van der Waals surface area (Å²) in [5.41, 5.74) is 12.2. The molecular weight excluding hydrogens is 450 g/mol. The molecule has 0 saturated heterocycles. The van der Waals surface area contributed by atoms with E-state index in [-0.39, 0.29) is 11.6 Å². The first-order valence-electron chi connectivity index (χ1n) is 10.00. The van der Waals surface area contributed by atoms with Crippen LogP contribution in [0.15, 0.2) is 22.8 Å². The Balaban J connectivity index is 1.76. The van der Waals surface area contributed by atoms with Gasteiger partial charge in [0.2, 0.25) is 0 Å². The number of amides is 2. The summed E-state index contributed by atoms with van der Waals surface area (Å²) >= 11 is 3.01. The maximum atomic E-state index is 12.2. The molecule has 3 heterocycles. The number of carbonyl (C=O) groups is 2. The Morgan fingerprint density at radius 3 is 2.69 bits per heavy atom. The van der Waals surface area contributed by atoms with Crippen molar-refractivity contribution in [1.29, 1.82) is 0 Å². The van der Waals surface area contributed by atoms with Crippen LogP contribution in [0, 0.1) is 5.41 Å². The Bertz CT molecular complexity index is 1210. The quantitative estimate of drug-likeness (QED) is 0.460. The van der Waals surface area contributed by atoms with Crippen molar-refractivity contribution in [2.45, 2.75) is 49.6 Å². The average Bonchev–Trinajstić information content (AvgIpc) is 3.40. The largest absolute Gasteiger partial charge is 0.443 e. The standard InChI is InChI=1S/C20H25N7O3S2/c1-19(2)13(5-6-20(19,3)30-17(22)29)24-14-11(15(21)28)8-23-27-9-10(7-12(14)27)16-25-26-18(31-4)32-16/h7-9,13,24H,5-6H2,1-4H3,(H2,21,28)(H2,22,29)/t13-,20+/m1/s1. The summed E-state index contributed by atoms with van der Waals surface area (Å²) in [4.78, 5) is 23.7. The van der Waals surface area contributed by atoms with Crippen molar-refractivity contribution in [2.75, 3.05) is 11.6 Å². The van der Waals surface area contributed by atoms with Crippen LogP contribution in [0.3, 0.4) is 0 Å². The lowest BCUT2D eigenvalue weighted by atomic mass is 9.76. The van der Waals surface area contributed by atoms with Crippen LogP contribution < -0.4 is 16.8 Å². The third kappa shape index (κ3) is 3.66. The van der Waals surface area contributed by atoms with Gasteiger partial charge < -0.3 is 21.5 Å². The average molecular weight is 476 g/mol. The molecule has 32 heavy (non-hydrogen) atoms. The van der Waals surface area contributed by atoms with Crippen LogP contribution in [-0.4, -0.2) is 49.7 Å². The normalized spacial score (nSPS) is 22.2. The number of hydrogen-bond donors (Lipinski definition) is 3. The minimum Gasteiger partial charge on any atom is -0.443 e. The summed E-state index contributed by atoms with van der Waals surface area (Å²) in [5, 5.41) is 17.0. The first-order valence-corrected chi connectivity index (χ1v) is 12.0. The van der Waals surface area contributed by atoms with Crippen LogP contribution in [0.25, 0.3) is 16.1 Å². The second-order valence-electron chi connectivity index (χ2n) is 8.54. The summed E-state index contributed by atoms with van der Waals surface area (Å²) < 4.78 is 8.04. The molecule has 2 atom stereocenters. The molecule has 170 valence electrons. The molecule has 0 aromatic carbocycles. The van der Waals surface area contributed by atoms with E-state index in [0.29, 0.717) is 24.0 Å². The van der Waals surface area contributed by atoms with Crippen molar-refractivity contribution in [3.63, 3.8) is 0 Å². The Kier molecular flexibility index (Phi) is 5.53. The number of fused-ring (bicyclic) bond motifs is 1. The van der Waals surface area contributed by atoms with Gasteiger partial charge in [-0.3, -0.25) is 4.79 Å². The molecule has 1 fully saturated rings. The number of carbonyl (C=O) groups excluding carboxylic acids is 2. The lowest BCUT2D eigenvalue weighted by Gasteiger charge is -2.40. The van der Waals surface area contributed by atoms with Gasteiger partial charge >= 0.3 is 6.09 Å². The van der Waals surface area contributed by atoms with E-state index in [1.54, 1.807) is 4.52 Å². The second kappa shape index (κ2) is 7.93. The summed E-state index contributed by atoms with van der Waals surface area (Å²) in [7, 11) is 0. The van der Waals surface area contributed by atoms with Crippen LogP contribution in [0.5, 0.6) is 0 Å². The third-order valence-electron chi connectivity index (χ3n) is 6.52. The van der Waals surface area contributed by atoms with E-state index in [9.17, 15) is 9.59 Å². The van der Waals surface area contributed by atoms with Gasteiger partial charge in [-0.2, -0.15) is 5.10 Å². The Hall–Kier alpha value is -2.86. The minimum absolute atomic E-state index is 0.112. The highest BCUT2D eigenvalue weighted by Crippen LogP contribution is 2.50. The number of rotatable bonds is 6. The Labute approximate surface area is 193 Å². The fourth-order valence-corrected chi connectivity index (χ4v) is 5.47. The number of nitrogens with one attached hydrogen (secondary N) is 1. The number of nitrogens with two attached hydrogens (primary N) is 2. The molecule has 0 bridgehead atoms. The van der Waals surface area contributed by atoms with Crippen molar-refractivity contribution in [1.82, 2.24) is 19.8 Å². The van der Waals surface area contributed by atoms with Gasteiger partial charge in [-0.05, 0) is 32.1 Å². The summed E-state index contributed by atoms with van der Waals surface area (Å²) in [5.74, 6) is -0.585. The van der Waals surface area contributed by atoms with E-state index in [0.717, 1.165) is 14.9 Å². The van der Waals surface area contributed by atoms with Crippen molar-refractivity contribution in [3.05, 3.63) is 24.0 Å². The molecular formula is C20H25N7O3S2. The number of anilines is 1. The lowest BCUT2D eigenvalue weighted by molar-refractivity contribution is -0.0392. The molecule has 0 aliphatic heterocycles. The van der Waals surface area contributed by atoms with E-state index in [1.807, 2.05) is 39.3 Å². The zero-order chi connectivity index (χ0) is 23.3. The summed E-state index contributed by atoms with van der Waals surface area (Å²) in [6, 6.07) is 1.80. The van der Waals surface area contributed by atoms with Crippen molar-refractivity contribution < 1.29 is 14.3 Å². The molecule has 1 aliphatic rings. The number of thioether (sulfide) groups is 1. The highest BCUT2D eigenvalue weighted by atomic mass is 32.2. The van der Waals surface area contributed by atoms with Gasteiger partial charge in [0.05, 0.1) is 23.0 Å². The number of hydrogen-bond acceptors (Lipinski definition) is 9. The minimum atomic E-state index is -0.803. The predicted molar refractivity (Wildman–Crippen MR) is 124 cm³/mol. The topological polar surface area (TPSA) is 151 Å². The van der Waals surface area contributed by atoms with Gasteiger partial charge in [0.25, 0.3) is 5.91 Å². The Morgan fingerprint density at radius 2 is 2.06 bits per heavy atom. The summed E-state index contributed by atoms with van der Waals surface area (Å²) in [6.07, 6.45) is 5.78. The van der Waals surface area contributed by atoms with Crippen molar-refractivity contribution in [3.8, 4) is 10.6 Å². The highest BCUT2D eigenvalue weighted by Gasteiger charge is 2.54. The van der Waals surface area contributed by atoms with E-state index in [4.69, 9.17) is 16.2 Å². The monoisotopic (exact) mass is 475 g/mol. The van der Waals surface area contributed by atoms with Crippen LogP contribution in [0.4, 0.5) is 10.5 Å². The van der Waals surface area contributed by atoms with Gasteiger partial charge in [-0.15, -0.1) is 10.2 Å². The van der Waals surface area contributed by atoms with Crippen molar-refractivity contribution in [2.24, 2.45) is 16.9 Å². The zero-order valence-corrected chi connectivity index (χ0v) is 19.8. The van der Waals surface area contributed by atoms with Gasteiger partial charge in [0.1, 0.15) is 10.6 Å². The molecule has 3 aromatic rings. The van der Waals surface area contributed by atoms with Gasteiger partial charge in [0.15, 0.2) is 4.34 Å².